The summed E-state index contributed by atoms with van der Waals surface area (Å²) in [6.45, 7) is 2.74. The lowest BCUT2D eigenvalue weighted by Gasteiger charge is -2.12. The van der Waals surface area contributed by atoms with Crippen LogP contribution < -0.4 is 5.32 Å². The van der Waals surface area contributed by atoms with Gasteiger partial charge in [-0.15, -0.1) is 0 Å². The highest BCUT2D eigenvalue weighted by Gasteiger charge is 2.08. The van der Waals surface area contributed by atoms with E-state index >= 15 is 0 Å². The Morgan fingerprint density at radius 2 is 2.21 bits per heavy atom. The molecule has 100 valence electrons. The number of rotatable bonds is 6. The normalized spacial score (nSPS) is 12.1. The zero-order valence-corrected chi connectivity index (χ0v) is 11.5. The number of benzene rings is 1. The van der Waals surface area contributed by atoms with E-state index in [1.807, 2.05) is 18.2 Å². The molecule has 5 nitrogen and oxygen atoms in total. The Balaban J connectivity index is 1.71. The van der Waals surface area contributed by atoms with Crippen molar-refractivity contribution in [2.75, 3.05) is 12.3 Å². The predicted octanol–water partition coefficient (Wildman–Crippen LogP) is 1.82. The lowest BCUT2D eigenvalue weighted by atomic mass is 10.0. The van der Waals surface area contributed by atoms with E-state index in [-0.39, 0.29) is 5.91 Å². The Kier molecular flexibility index (Phi) is 4.97. The number of thioether (sulfide) groups is 1. The molecule has 1 amide bonds. The van der Waals surface area contributed by atoms with Gasteiger partial charge in [0.1, 0.15) is 6.33 Å². The highest BCUT2D eigenvalue weighted by atomic mass is 32.2. The monoisotopic (exact) mass is 276 g/mol. The van der Waals surface area contributed by atoms with Crippen LogP contribution in [0.5, 0.6) is 0 Å². The van der Waals surface area contributed by atoms with Crippen LogP contribution in [0.15, 0.2) is 41.8 Å². The zero-order valence-electron chi connectivity index (χ0n) is 10.7. The number of H-pyrrole nitrogens is 1. The van der Waals surface area contributed by atoms with Crippen LogP contribution in [-0.2, 0) is 4.79 Å². The smallest absolute Gasteiger partial charge is 0.230 e. The Bertz CT molecular complexity index is 501. The van der Waals surface area contributed by atoms with Crippen LogP contribution >= 0.6 is 11.8 Å². The molecule has 0 radical (unpaired) electrons. The molecule has 1 atom stereocenters. The van der Waals surface area contributed by atoms with E-state index in [4.69, 9.17) is 0 Å². The van der Waals surface area contributed by atoms with E-state index in [0.717, 1.165) is 0 Å². The van der Waals surface area contributed by atoms with Gasteiger partial charge in [0.2, 0.25) is 5.91 Å². The molecule has 6 heteroatoms. The van der Waals surface area contributed by atoms with E-state index < -0.39 is 0 Å². The minimum absolute atomic E-state index is 0.00387. The fourth-order valence-corrected chi connectivity index (χ4v) is 2.22. The number of hydrogen-bond acceptors (Lipinski definition) is 4. The van der Waals surface area contributed by atoms with Crippen LogP contribution in [0, 0.1) is 0 Å². The van der Waals surface area contributed by atoms with Gasteiger partial charge in [0, 0.05) is 6.54 Å². The summed E-state index contributed by atoms with van der Waals surface area (Å²) in [4.78, 5) is 15.6. The third kappa shape index (κ3) is 4.40. The van der Waals surface area contributed by atoms with Crippen molar-refractivity contribution in [2.24, 2.45) is 0 Å². The fourth-order valence-electron chi connectivity index (χ4n) is 1.62. The number of nitrogens with zero attached hydrogens (tertiary/aromatic N) is 2. The number of aromatic amines is 1. The van der Waals surface area contributed by atoms with Gasteiger partial charge >= 0.3 is 0 Å². The van der Waals surface area contributed by atoms with Gasteiger partial charge in [-0.2, -0.15) is 5.10 Å². The minimum atomic E-state index is 0.00387. The van der Waals surface area contributed by atoms with Crippen molar-refractivity contribution >= 4 is 17.7 Å². The summed E-state index contributed by atoms with van der Waals surface area (Å²) in [5.41, 5.74) is 1.23. The lowest BCUT2D eigenvalue weighted by Crippen LogP contribution is -2.29. The summed E-state index contributed by atoms with van der Waals surface area (Å²) < 4.78 is 0. The van der Waals surface area contributed by atoms with Crippen LogP contribution in [0.1, 0.15) is 18.4 Å². The average molecular weight is 276 g/mol. The van der Waals surface area contributed by atoms with Crippen molar-refractivity contribution in [1.29, 1.82) is 0 Å². The number of amides is 1. The molecule has 0 fully saturated rings. The van der Waals surface area contributed by atoms with Crippen molar-refractivity contribution < 1.29 is 4.79 Å². The SMILES string of the molecule is C[C@@H](CNC(=O)CSc1ncn[nH]1)c1ccccc1. The van der Waals surface area contributed by atoms with Crippen LogP contribution in [0.2, 0.25) is 0 Å². The van der Waals surface area contributed by atoms with Crippen LogP contribution in [-0.4, -0.2) is 33.4 Å². The Morgan fingerprint density at radius 3 is 2.89 bits per heavy atom. The minimum Gasteiger partial charge on any atom is -0.355 e. The summed E-state index contributed by atoms with van der Waals surface area (Å²) in [6.07, 6.45) is 1.43. The molecule has 0 saturated carbocycles. The maximum atomic E-state index is 11.7. The fraction of sp³-hybridized carbons (Fsp3) is 0.308. The Hall–Kier alpha value is -1.82. The summed E-state index contributed by atoms with van der Waals surface area (Å²) in [7, 11) is 0. The van der Waals surface area contributed by atoms with Gasteiger partial charge in [-0.1, -0.05) is 49.0 Å². The van der Waals surface area contributed by atoms with Gasteiger partial charge < -0.3 is 5.32 Å². The highest BCUT2D eigenvalue weighted by Crippen LogP contribution is 2.13. The number of hydrogen-bond donors (Lipinski definition) is 2. The first-order chi connectivity index (χ1) is 9.25. The van der Waals surface area contributed by atoms with E-state index in [0.29, 0.717) is 23.4 Å². The first-order valence-electron chi connectivity index (χ1n) is 6.05. The molecule has 2 rings (SSSR count). The van der Waals surface area contributed by atoms with E-state index in [1.165, 1.54) is 23.7 Å². The number of carbonyl (C=O) groups excluding carboxylic acids is 1. The molecule has 0 aliphatic rings. The quantitative estimate of drug-likeness (QED) is 0.789. The molecule has 0 aliphatic carbocycles. The Morgan fingerprint density at radius 1 is 1.42 bits per heavy atom. The summed E-state index contributed by atoms with van der Waals surface area (Å²) in [5, 5.41) is 10.0. The molecule has 0 saturated heterocycles. The molecule has 1 heterocycles. The molecule has 19 heavy (non-hydrogen) atoms. The van der Waals surface area contributed by atoms with Crippen LogP contribution in [0.4, 0.5) is 0 Å². The lowest BCUT2D eigenvalue weighted by molar-refractivity contribution is -0.118. The molecule has 0 aliphatic heterocycles. The average Bonchev–Trinajstić information content (AvgIpc) is 2.96. The molecular formula is C13H16N4OS. The van der Waals surface area contributed by atoms with Crippen molar-refractivity contribution in [3.05, 3.63) is 42.2 Å². The highest BCUT2D eigenvalue weighted by molar-refractivity contribution is 7.99. The topological polar surface area (TPSA) is 70.7 Å². The second-order valence-electron chi connectivity index (χ2n) is 4.20. The molecule has 0 unspecified atom stereocenters. The standard InChI is InChI=1S/C13H16N4OS/c1-10(11-5-3-2-4-6-11)7-14-12(18)8-19-13-15-9-16-17-13/h2-6,9-10H,7-8H2,1H3,(H,14,18)(H,15,16,17)/t10-/m0/s1. The molecule has 1 aromatic carbocycles. The summed E-state index contributed by atoms with van der Waals surface area (Å²) in [5.74, 6) is 0.654. The van der Waals surface area contributed by atoms with Gasteiger partial charge in [0.05, 0.1) is 5.75 Å². The van der Waals surface area contributed by atoms with Crippen LogP contribution in [0.3, 0.4) is 0 Å². The second-order valence-corrected chi connectivity index (χ2v) is 5.16. The van der Waals surface area contributed by atoms with E-state index in [2.05, 4.69) is 39.6 Å². The van der Waals surface area contributed by atoms with Gasteiger partial charge in [0.25, 0.3) is 0 Å². The number of aromatic nitrogens is 3. The van der Waals surface area contributed by atoms with E-state index in [1.54, 1.807) is 0 Å². The molecule has 1 aromatic heterocycles. The van der Waals surface area contributed by atoms with Crippen molar-refractivity contribution in [2.45, 2.75) is 18.0 Å². The molecule has 0 bridgehead atoms. The summed E-state index contributed by atoms with van der Waals surface area (Å²) in [6, 6.07) is 10.1. The Labute approximate surface area is 116 Å². The van der Waals surface area contributed by atoms with Crippen molar-refractivity contribution in [1.82, 2.24) is 20.5 Å². The maximum Gasteiger partial charge on any atom is 0.230 e. The molecule has 2 N–H and O–H groups in total. The van der Waals surface area contributed by atoms with E-state index in [9.17, 15) is 4.79 Å². The van der Waals surface area contributed by atoms with Crippen molar-refractivity contribution in [3.8, 4) is 0 Å². The first kappa shape index (κ1) is 13.6. The molecule has 2 aromatic rings. The second kappa shape index (κ2) is 6.94. The first-order valence-corrected chi connectivity index (χ1v) is 7.04. The van der Waals surface area contributed by atoms with Crippen LogP contribution in [0.25, 0.3) is 0 Å². The zero-order chi connectivity index (χ0) is 13.5. The third-order valence-corrected chi connectivity index (χ3v) is 3.58. The van der Waals surface area contributed by atoms with Gasteiger partial charge in [-0.25, -0.2) is 4.98 Å². The summed E-state index contributed by atoms with van der Waals surface area (Å²) >= 11 is 1.34. The molecular weight excluding hydrogens is 260 g/mol. The van der Waals surface area contributed by atoms with Gasteiger partial charge in [0.15, 0.2) is 5.16 Å². The maximum absolute atomic E-state index is 11.7. The van der Waals surface area contributed by atoms with Gasteiger partial charge in [-0.3, -0.25) is 9.89 Å². The number of nitrogens with one attached hydrogen (secondary N) is 2. The largest absolute Gasteiger partial charge is 0.355 e. The molecule has 0 spiro atoms. The third-order valence-electron chi connectivity index (χ3n) is 2.71. The number of carbonyl (C=O) groups is 1. The predicted molar refractivity (Wildman–Crippen MR) is 75.0 cm³/mol. The van der Waals surface area contributed by atoms with Crippen molar-refractivity contribution in [3.63, 3.8) is 0 Å². The van der Waals surface area contributed by atoms with Gasteiger partial charge in [-0.05, 0) is 11.5 Å².